The summed E-state index contributed by atoms with van der Waals surface area (Å²) in [6.07, 6.45) is 1.81. The lowest BCUT2D eigenvalue weighted by Gasteiger charge is -2.13. The largest absolute Gasteiger partial charge is 0.488 e. The number of rotatable bonds is 5. The Morgan fingerprint density at radius 1 is 1.03 bits per heavy atom. The van der Waals surface area contributed by atoms with Crippen molar-refractivity contribution in [2.75, 3.05) is 0 Å². The van der Waals surface area contributed by atoms with E-state index in [0.29, 0.717) is 21.6 Å². The van der Waals surface area contributed by atoms with Crippen molar-refractivity contribution in [1.29, 1.82) is 0 Å². The van der Waals surface area contributed by atoms with Crippen LogP contribution in [0.1, 0.15) is 11.1 Å². The molecule has 1 aliphatic rings. The van der Waals surface area contributed by atoms with Gasteiger partial charge in [-0.15, -0.1) is 0 Å². The molecular formula is C23H16BrNO2S2. The zero-order valence-corrected chi connectivity index (χ0v) is 18.4. The maximum atomic E-state index is 12.0. The van der Waals surface area contributed by atoms with Crippen molar-refractivity contribution < 1.29 is 9.53 Å². The van der Waals surface area contributed by atoms with Gasteiger partial charge in [0.05, 0.1) is 4.91 Å². The summed E-state index contributed by atoms with van der Waals surface area (Å²) >= 11 is 9.82. The SMILES string of the molecule is O=C1NC(=S)SC1=Cc1cc(Br)ccc1OCc1ccccc1-c1ccccc1. The standard InChI is InChI=1S/C23H16BrNO2S2/c24-18-10-11-20(17(12-18)13-21-22(26)25-23(28)29-21)27-14-16-8-4-5-9-19(16)15-6-2-1-3-7-15/h1-13H,14H2,(H,25,26,28). The summed E-state index contributed by atoms with van der Waals surface area (Å²) in [5.41, 5.74) is 4.20. The van der Waals surface area contributed by atoms with Crippen LogP contribution in [0.15, 0.2) is 82.2 Å². The fourth-order valence-corrected chi connectivity index (χ4v) is 4.44. The third-order valence-corrected chi connectivity index (χ3v) is 6.04. The van der Waals surface area contributed by atoms with Gasteiger partial charge in [-0.05, 0) is 41.0 Å². The summed E-state index contributed by atoms with van der Waals surface area (Å²) in [5.74, 6) is 0.523. The lowest BCUT2D eigenvalue weighted by molar-refractivity contribution is -0.115. The van der Waals surface area contributed by atoms with Crippen molar-refractivity contribution in [3.8, 4) is 16.9 Å². The zero-order chi connectivity index (χ0) is 20.2. The molecule has 1 N–H and O–H groups in total. The predicted octanol–water partition coefficient (Wildman–Crippen LogP) is 6.18. The van der Waals surface area contributed by atoms with Crippen molar-refractivity contribution >= 4 is 56.2 Å². The minimum Gasteiger partial charge on any atom is -0.488 e. The third kappa shape index (κ3) is 4.78. The van der Waals surface area contributed by atoms with E-state index in [1.54, 1.807) is 0 Å². The second-order valence-electron chi connectivity index (χ2n) is 6.35. The smallest absolute Gasteiger partial charge is 0.263 e. The Morgan fingerprint density at radius 2 is 1.79 bits per heavy atom. The number of hydrogen-bond donors (Lipinski definition) is 1. The average Bonchev–Trinajstić information content (AvgIpc) is 3.05. The molecule has 0 bridgehead atoms. The Bertz CT molecular complexity index is 1110. The molecular weight excluding hydrogens is 466 g/mol. The first-order valence-corrected chi connectivity index (χ1v) is 10.9. The summed E-state index contributed by atoms with van der Waals surface area (Å²) < 4.78 is 7.55. The van der Waals surface area contributed by atoms with Gasteiger partial charge in [0.1, 0.15) is 16.7 Å². The monoisotopic (exact) mass is 481 g/mol. The second kappa shape index (κ2) is 8.95. The van der Waals surface area contributed by atoms with Crippen LogP contribution in [0.2, 0.25) is 0 Å². The highest BCUT2D eigenvalue weighted by molar-refractivity contribution is 9.10. The number of amides is 1. The summed E-state index contributed by atoms with van der Waals surface area (Å²) in [6, 6.07) is 24.2. The van der Waals surface area contributed by atoms with Crippen molar-refractivity contribution in [2.45, 2.75) is 6.61 Å². The molecule has 1 fully saturated rings. The van der Waals surface area contributed by atoms with Crippen LogP contribution in [0.3, 0.4) is 0 Å². The van der Waals surface area contributed by atoms with Gasteiger partial charge >= 0.3 is 0 Å². The van der Waals surface area contributed by atoms with Crippen molar-refractivity contribution in [1.82, 2.24) is 5.32 Å². The maximum Gasteiger partial charge on any atom is 0.263 e. The van der Waals surface area contributed by atoms with Crippen LogP contribution in [-0.4, -0.2) is 10.2 Å². The molecule has 6 heteroatoms. The molecule has 0 spiro atoms. The van der Waals surface area contributed by atoms with Crippen LogP contribution in [0, 0.1) is 0 Å². The van der Waals surface area contributed by atoms with Crippen LogP contribution >= 0.6 is 39.9 Å². The number of carbonyl (C=O) groups is 1. The Hall–Kier alpha value is -2.41. The molecule has 1 aliphatic heterocycles. The zero-order valence-electron chi connectivity index (χ0n) is 15.2. The van der Waals surface area contributed by atoms with Crippen LogP contribution in [0.5, 0.6) is 5.75 Å². The first kappa shape index (κ1) is 19.9. The summed E-state index contributed by atoms with van der Waals surface area (Å²) in [4.78, 5) is 12.6. The first-order valence-electron chi connectivity index (χ1n) is 8.91. The van der Waals surface area contributed by atoms with Crippen molar-refractivity contribution in [3.63, 3.8) is 0 Å². The predicted molar refractivity (Wildman–Crippen MR) is 127 cm³/mol. The minimum atomic E-state index is -0.180. The van der Waals surface area contributed by atoms with Gasteiger partial charge in [-0.1, -0.05) is 94.5 Å². The molecule has 0 atom stereocenters. The van der Waals surface area contributed by atoms with Gasteiger partial charge in [0, 0.05) is 10.0 Å². The highest BCUT2D eigenvalue weighted by Gasteiger charge is 2.22. The molecule has 3 aromatic rings. The van der Waals surface area contributed by atoms with Crippen LogP contribution in [0.25, 0.3) is 17.2 Å². The van der Waals surface area contributed by atoms with Gasteiger partial charge < -0.3 is 10.1 Å². The Kier molecular flexibility index (Phi) is 6.13. The molecule has 4 rings (SSSR count). The number of thioether (sulfide) groups is 1. The Balaban J connectivity index is 1.61. The van der Waals surface area contributed by atoms with E-state index >= 15 is 0 Å². The number of carbonyl (C=O) groups excluding carboxylic acids is 1. The lowest BCUT2D eigenvalue weighted by Crippen LogP contribution is -2.17. The van der Waals surface area contributed by atoms with Gasteiger partial charge in [0.15, 0.2) is 0 Å². The normalized spacial score (nSPS) is 14.9. The molecule has 0 aromatic heterocycles. The average molecular weight is 482 g/mol. The minimum absolute atomic E-state index is 0.180. The van der Waals surface area contributed by atoms with Crippen LogP contribution in [0.4, 0.5) is 0 Å². The molecule has 3 aromatic carbocycles. The molecule has 0 radical (unpaired) electrons. The van der Waals surface area contributed by atoms with E-state index < -0.39 is 0 Å². The molecule has 0 aliphatic carbocycles. The number of halogens is 1. The highest BCUT2D eigenvalue weighted by Crippen LogP contribution is 2.32. The topological polar surface area (TPSA) is 38.3 Å². The molecule has 3 nitrogen and oxygen atoms in total. The van der Waals surface area contributed by atoms with Gasteiger partial charge in [0.2, 0.25) is 0 Å². The van der Waals surface area contributed by atoms with Gasteiger partial charge in [-0.2, -0.15) is 0 Å². The molecule has 29 heavy (non-hydrogen) atoms. The Morgan fingerprint density at radius 3 is 2.55 bits per heavy atom. The van der Waals surface area contributed by atoms with E-state index in [-0.39, 0.29) is 5.91 Å². The molecule has 1 amide bonds. The number of benzene rings is 3. The number of thiocarbonyl (C=S) groups is 1. The number of ether oxygens (including phenoxy) is 1. The van der Waals surface area contributed by atoms with E-state index in [1.165, 1.54) is 11.8 Å². The summed E-state index contributed by atoms with van der Waals surface area (Å²) in [5, 5.41) is 2.64. The van der Waals surface area contributed by atoms with E-state index in [0.717, 1.165) is 26.7 Å². The van der Waals surface area contributed by atoms with E-state index in [1.807, 2.05) is 54.6 Å². The van der Waals surface area contributed by atoms with E-state index in [9.17, 15) is 4.79 Å². The van der Waals surface area contributed by atoms with Gasteiger partial charge in [-0.25, -0.2) is 0 Å². The second-order valence-corrected chi connectivity index (χ2v) is 8.98. The van der Waals surface area contributed by atoms with Crippen molar-refractivity contribution in [3.05, 3.63) is 93.3 Å². The van der Waals surface area contributed by atoms with Crippen LogP contribution in [-0.2, 0) is 11.4 Å². The van der Waals surface area contributed by atoms with E-state index in [2.05, 4.69) is 45.5 Å². The summed E-state index contributed by atoms with van der Waals surface area (Å²) in [6.45, 7) is 0.417. The molecule has 0 saturated carbocycles. The quantitative estimate of drug-likeness (QED) is 0.348. The van der Waals surface area contributed by atoms with Crippen LogP contribution < -0.4 is 10.1 Å². The number of hydrogen-bond acceptors (Lipinski definition) is 4. The highest BCUT2D eigenvalue weighted by atomic mass is 79.9. The number of nitrogens with one attached hydrogen (secondary N) is 1. The van der Waals surface area contributed by atoms with Gasteiger partial charge in [-0.3, -0.25) is 4.79 Å². The third-order valence-electron chi connectivity index (χ3n) is 4.39. The molecule has 144 valence electrons. The fourth-order valence-electron chi connectivity index (χ4n) is 3.03. The fraction of sp³-hybridized carbons (Fsp3) is 0.0435. The van der Waals surface area contributed by atoms with E-state index in [4.69, 9.17) is 17.0 Å². The lowest BCUT2D eigenvalue weighted by atomic mass is 10.0. The first-order chi connectivity index (χ1) is 14.1. The summed E-state index contributed by atoms with van der Waals surface area (Å²) in [7, 11) is 0. The molecule has 1 heterocycles. The Labute approximate surface area is 187 Å². The van der Waals surface area contributed by atoms with Gasteiger partial charge in [0.25, 0.3) is 5.91 Å². The van der Waals surface area contributed by atoms with Crippen molar-refractivity contribution in [2.24, 2.45) is 0 Å². The molecule has 0 unspecified atom stereocenters. The molecule has 1 saturated heterocycles. The maximum absolute atomic E-state index is 12.0.